The zero-order chi connectivity index (χ0) is 27.1. The Morgan fingerprint density at radius 3 is 2.45 bits per heavy atom. The van der Waals surface area contributed by atoms with Crippen molar-refractivity contribution >= 4 is 51.6 Å². The summed E-state index contributed by atoms with van der Waals surface area (Å²) in [6.45, 7) is 9.93. The molecule has 0 unspecified atom stereocenters. The predicted molar refractivity (Wildman–Crippen MR) is 157 cm³/mol. The van der Waals surface area contributed by atoms with E-state index in [4.69, 9.17) is 33.2 Å². The maximum atomic E-state index is 11.4. The van der Waals surface area contributed by atoms with Crippen molar-refractivity contribution in [3.8, 4) is 0 Å². The third-order valence-electron chi connectivity index (χ3n) is 7.29. The second kappa shape index (κ2) is 13.4. The highest BCUT2D eigenvalue weighted by atomic mass is 35.5. The summed E-state index contributed by atoms with van der Waals surface area (Å²) in [6.07, 6.45) is 6.17. The molecule has 8 nitrogen and oxygen atoms in total. The van der Waals surface area contributed by atoms with E-state index in [0.717, 1.165) is 37.4 Å². The van der Waals surface area contributed by atoms with Crippen molar-refractivity contribution in [3.05, 3.63) is 62.1 Å². The maximum Gasteiger partial charge on any atom is 0.270 e. The first-order valence-corrected chi connectivity index (χ1v) is 14.3. The number of anilines is 2. The highest BCUT2D eigenvalue weighted by Crippen LogP contribution is 2.31. The van der Waals surface area contributed by atoms with Gasteiger partial charge >= 0.3 is 0 Å². The topological polar surface area (TPSA) is 87.4 Å². The number of benzene rings is 2. The number of non-ortho nitro benzene ring substituents is 1. The van der Waals surface area contributed by atoms with Crippen LogP contribution in [0.5, 0.6) is 0 Å². The van der Waals surface area contributed by atoms with Gasteiger partial charge in [0.25, 0.3) is 5.69 Å². The number of likely N-dealkylation sites (tertiary alicyclic amines) is 1. The number of piperidine rings is 1. The maximum absolute atomic E-state index is 11.4. The molecule has 38 heavy (non-hydrogen) atoms. The van der Waals surface area contributed by atoms with Gasteiger partial charge in [-0.1, -0.05) is 43.1 Å². The number of nitrogens with one attached hydrogen (secondary N) is 1. The van der Waals surface area contributed by atoms with Crippen molar-refractivity contribution in [1.29, 1.82) is 0 Å². The van der Waals surface area contributed by atoms with Crippen LogP contribution in [-0.2, 0) is 6.54 Å². The summed E-state index contributed by atoms with van der Waals surface area (Å²) in [5.74, 6) is 1.94. The van der Waals surface area contributed by atoms with Crippen LogP contribution in [0, 0.1) is 16.0 Å². The highest BCUT2D eigenvalue weighted by Gasteiger charge is 2.24. The van der Waals surface area contributed by atoms with Gasteiger partial charge in [0.15, 0.2) is 0 Å². The number of nitro groups is 1. The quantitative estimate of drug-likeness (QED) is 0.231. The molecule has 10 heteroatoms. The zero-order valence-electron chi connectivity index (χ0n) is 22.1. The lowest BCUT2D eigenvalue weighted by Gasteiger charge is -2.33. The van der Waals surface area contributed by atoms with E-state index in [-0.39, 0.29) is 5.69 Å². The van der Waals surface area contributed by atoms with Crippen LogP contribution in [0.3, 0.4) is 0 Å². The molecule has 2 aliphatic rings. The summed E-state index contributed by atoms with van der Waals surface area (Å²) in [5.41, 5.74) is 1.54. The Morgan fingerprint density at radius 2 is 1.76 bits per heavy atom. The minimum absolute atomic E-state index is 0.00485. The first kappa shape index (κ1) is 28.3. The van der Waals surface area contributed by atoms with E-state index in [0.29, 0.717) is 39.3 Å². The number of fused-ring (bicyclic) bond motifs is 1. The summed E-state index contributed by atoms with van der Waals surface area (Å²) in [4.78, 5) is 25.4. The van der Waals surface area contributed by atoms with Crippen LogP contribution in [0.2, 0.25) is 10.0 Å². The van der Waals surface area contributed by atoms with Crippen LogP contribution >= 0.6 is 23.2 Å². The minimum atomic E-state index is -0.403. The Morgan fingerprint density at radius 1 is 1.03 bits per heavy atom. The molecule has 3 heterocycles. The Hall–Kier alpha value is -2.68. The lowest BCUT2D eigenvalue weighted by atomic mass is 9.93. The normalized spacial score (nSPS) is 16.4. The molecular formula is C28H36Cl2N6O2. The van der Waals surface area contributed by atoms with Gasteiger partial charge in [-0.2, -0.15) is 4.98 Å². The van der Waals surface area contributed by atoms with Crippen molar-refractivity contribution in [2.24, 2.45) is 5.92 Å². The van der Waals surface area contributed by atoms with Crippen molar-refractivity contribution in [3.63, 3.8) is 0 Å². The van der Waals surface area contributed by atoms with E-state index in [1.165, 1.54) is 51.0 Å². The van der Waals surface area contributed by atoms with Crippen LogP contribution in [-0.4, -0.2) is 52.5 Å². The summed E-state index contributed by atoms with van der Waals surface area (Å²) in [7, 11) is 0. The van der Waals surface area contributed by atoms with Gasteiger partial charge in [-0.05, 0) is 81.4 Å². The van der Waals surface area contributed by atoms with Gasteiger partial charge in [-0.15, -0.1) is 0 Å². The molecule has 1 N–H and O–H groups in total. The first-order chi connectivity index (χ1) is 18.5. The third kappa shape index (κ3) is 7.04. The Bertz CT molecular complexity index is 1240. The predicted octanol–water partition coefficient (Wildman–Crippen LogP) is 7.19. The van der Waals surface area contributed by atoms with Gasteiger partial charge in [0.1, 0.15) is 5.82 Å². The van der Waals surface area contributed by atoms with Crippen molar-refractivity contribution in [2.45, 2.75) is 52.5 Å². The molecule has 0 atom stereocenters. The van der Waals surface area contributed by atoms with Gasteiger partial charge in [0, 0.05) is 47.2 Å². The standard InChI is InChI=1S/C26H30Cl2N6O2.C2H6/c27-20-4-3-19(23(28)15-20)17-29-25-22-16-21(34(35)36)5-6-24(22)30-26(31-25)33-13-8-18(9-14-33)7-12-32-10-1-2-11-32;1-2/h3-6,15-16,18H,1-2,7-14,17H2,(H,29,30,31);1-2H3. The van der Waals surface area contributed by atoms with Gasteiger partial charge in [-0.25, -0.2) is 4.98 Å². The first-order valence-electron chi connectivity index (χ1n) is 13.6. The van der Waals surface area contributed by atoms with Crippen LogP contribution in [0.4, 0.5) is 17.5 Å². The highest BCUT2D eigenvalue weighted by molar-refractivity contribution is 6.35. The van der Waals surface area contributed by atoms with E-state index in [1.54, 1.807) is 18.2 Å². The number of hydrogen-bond acceptors (Lipinski definition) is 7. The van der Waals surface area contributed by atoms with Gasteiger partial charge in [0.05, 0.1) is 10.4 Å². The summed E-state index contributed by atoms with van der Waals surface area (Å²) < 4.78 is 0. The molecule has 0 amide bonds. The second-order valence-corrected chi connectivity index (χ2v) is 10.5. The fourth-order valence-corrected chi connectivity index (χ4v) is 5.61. The Balaban J connectivity index is 0.00000164. The average molecular weight is 560 g/mol. The van der Waals surface area contributed by atoms with E-state index < -0.39 is 4.92 Å². The van der Waals surface area contributed by atoms with Crippen molar-refractivity contribution in [2.75, 3.05) is 42.9 Å². The van der Waals surface area contributed by atoms with E-state index in [2.05, 4.69) is 15.1 Å². The van der Waals surface area contributed by atoms with Crippen LogP contribution in [0.15, 0.2) is 36.4 Å². The van der Waals surface area contributed by atoms with Crippen LogP contribution in [0.1, 0.15) is 51.5 Å². The van der Waals surface area contributed by atoms with E-state index >= 15 is 0 Å². The molecular weight excluding hydrogens is 523 g/mol. The molecule has 3 aromatic rings. The molecule has 0 radical (unpaired) electrons. The molecule has 5 rings (SSSR count). The molecule has 2 saturated heterocycles. The van der Waals surface area contributed by atoms with Gasteiger partial charge in [-0.3, -0.25) is 10.1 Å². The monoisotopic (exact) mass is 558 g/mol. The van der Waals surface area contributed by atoms with E-state index in [9.17, 15) is 10.1 Å². The molecule has 0 saturated carbocycles. The Labute approximate surface area is 234 Å². The van der Waals surface area contributed by atoms with Crippen molar-refractivity contribution < 1.29 is 4.92 Å². The van der Waals surface area contributed by atoms with Crippen LogP contribution in [0.25, 0.3) is 10.9 Å². The molecule has 0 spiro atoms. The van der Waals surface area contributed by atoms with Gasteiger partial charge < -0.3 is 15.1 Å². The summed E-state index contributed by atoms with van der Waals surface area (Å²) in [6, 6.07) is 10.0. The summed E-state index contributed by atoms with van der Waals surface area (Å²) in [5, 5.41) is 16.5. The Kier molecular flexibility index (Phi) is 9.99. The van der Waals surface area contributed by atoms with Gasteiger partial charge in [0.2, 0.25) is 5.95 Å². The molecule has 1 aromatic heterocycles. The molecule has 2 fully saturated rings. The number of hydrogen-bond donors (Lipinski definition) is 1. The fourth-order valence-electron chi connectivity index (χ4n) is 5.13. The number of rotatable bonds is 8. The molecule has 0 bridgehead atoms. The third-order valence-corrected chi connectivity index (χ3v) is 7.88. The molecule has 2 aliphatic heterocycles. The fraction of sp³-hybridized carbons (Fsp3) is 0.500. The van der Waals surface area contributed by atoms with Crippen LogP contribution < -0.4 is 10.2 Å². The zero-order valence-corrected chi connectivity index (χ0v) is 23.6. The number of nitro benzene ring substituents is 1. The largest absolute Gasteiger partial charge is 0.365 e. The second-order valence-electron chi connectivity index (χ2n) is 9.69. The molecule has 204 valence electrons. The molecule has 0 aliphatic carbocycles. The lowest BCUT2D eigenvalue weighted by Crippen LogP contribution is -2.36. The summed E-state index contributed by atoms with van der Waals surface area (Å²) >= 11 is 12.4. The average Bonchev–Trinajstić information content (AvgIpc) is 3.46. The minimum Gasteiger partial charge on any atom is -0.365 e. The number of halogens is 2. The lowest BCUT2D eigenvalue weighted by molar-refractivity contribution is -0.384. The number of nitrogens with zero attached hydrogens (tertiary/aromatic N) is 5. The SMILES string of the molecule is CC.O=[N+]([O-])c1ccc2nc(N3CCC(CCN4CCCC4)CC3)nc(NCc3ccc(Cl)cc3Cl)c2c1. The molecule has 2 aromatic carbocycles. The van der Waals surface area contributed by atoms with E-state index in [1.807, 2.05) is 19.9 Å². The van der Waals surface area contributed by atoms with Crippen molar-refractivity contribution in [1.82, 2.24) is 14.9 Å². The number of aromatic nitrogens is 2. The smallest absolute Gasteiger partial charge is 0.270 e.